The Labute approximate surface area is 116 Å². The highest BCUT2D eigenvalue weighted by atomic mass is 32.1. The molecule has 0 spiro atoms. The highest BCUT2D eigenvalue weighted by Crippen LogP contribution is 2.23. The van der Waals surface area contributed by atoms with E-state index in [4.69, 9.17) is 9.47 Å². The van der Waals surface area contributed by atoms with Crippen LogP contribution in [0, 0.1) is 0 Å². The second kappa shape index (κ2) is 5.96. The number of fused-ring (bicyclic) bond motifs is 1. The first-order chi connectivity index (χ1) is 9.35. The number of para-hydroxylation sites is 1. The fraction of sp³-hybridized carbons (Fsp3) is 0.500. The molecule has 4 nitrogen and oxygen atoms in total. The monoisotopic (exact) mass is 278 g/mol. The van der Waals surface area contributed by atoms with E-state index in [1.54, 1.807) is 11.3 Å². The average Bonchev–Trinajstić information content (AvgIpc) is 3.06. The number of rotatable bonds is 5. The molecule has 102 valence electrons. The zero-order valence-electron chi connectivity index (χ0n) is 11.0. The molecule has 1 aliphatic heterocycles. The Morgan fingerprint density at radius 3 is 2.89 bits per heavy atom. The molecule has 19 heavy (non-hydrogen) atoms. The average molecular weight is 278 g/mol. The summed E-state index contributed by atoms with van der Waals surface area (Å²) in [4.78, 5) is 4.67. The summed E-state index contributed by atoms with van der Waals surface area (Å²) in [5.41, 5.74) is 1.09. The van der Waals surface area contributed by atoms with Crippen LogP contribution in [0.2, 0.25) is 0 Å². The van der Waals surface area contributed by atoms with E-state index in [1.807, 2.05) is 13.1 Å². The molecule has 0 aliphatic carbocycles. The van der Waals surface area contributed by atoms with Crippen LogP contribution in [-0.4, -0.2) is 37.6 Å². The van der Waals surface area contributed by atoms with E-state index >= 15 is 0 Å². The summed E-state index contributed by atoms with van der Waals surface area (Å²) in [6.07, 6.45) is 1.72. The summed E-state index contributed by atoms with van der Waals surface area (Å²) in [5.74, 6) is 0. The first kappa shape index (κ1) is 13.0. The second-order valence-corrected chi connectivity index (χ2v) is 5.79. The quantitative estimate of drug-likeness (QED) is 0.910. The molecule has 1 N–H and O–H groups in total. The van der Waals surface area contributed by atoms with Crippen LogP contribution in [0.5, 0.6) is 0 Å². The third-order valence-electron chi connectivity index (χ3n) is 3.34. The first-order valence-electron chi connectivity index (χ1n) is 6.60. The maximum atomic E-state index is 5.50. The van der Waals surface area contributed by atoms with Gasteiger partial charge in [0, 0.05) is 18.9 Å². The van der Waals surface area contributed by atoms with Gasteiger partial charge in [0.15, 0.2) is 6.29 Å². The number of hydrogen-bond donors (Lipinski definition) is 1. The van der Waals surface area contributed by atoms with E-state index in [1.165, 1.54) is 9.71 Å². The van der Waals surface area contributed by atoms with Crippen LogP contribution in [-0.2, 0) is 15.9 Å². The smallest absolute Gasteiger partial charge is 0.159 e. The number of nitrogens with one attached hydrogen (secondary N) is 1. The molecule has 1 aromatic heterocycles. The Morgan fingerprint density at radius 1 is 1.37 bits per heavy atom. The van der Waals surface area contributed by atoms with Crippen molar-refractivity contribution in [3.8, 4) is 0 Å². The lowest BCUT2D eigenvalue weighted by Crippen LogP contribution is -2.32. The van der Waals surface area contributed by atoms with Crippen LogP contribution in [0.1, 0.15) is 11.4 Å². The maximum absolute atomic E-state index is 5.50. The third kappa shape index (κ3) is 3.12. The van der Waals surface area contributed by atoms with Crippen molar-refractivity contribution in [2.45, 2.75) is 25.2 Å². The SMILES string of the molecule is CNC(Cc1nc2ccccc2s1)CC1OCCO1. The lowest BCUT2D eigenvalue weighted by atomic mass is 10.1. The molecule has 0 radical (unpaired) electrons. The molecule has 0 saturated carbocycles. The van der Waals surface area contributed by atoms with Gasteiger partial charge in [-0.25, -0.2) is 4.98 Å². The Hall–Kier alpha value is -1.01. The first-order valence-corrected chi connectivity index (χ1v) is 7.42. The fourth-order valence-corrected chi connectivity index (χ4v) is 3.34. The standard InChI is InChI=1S/C14H18N2O2S/c1-15-10(9-14-17-6-7-18-14)8-13-16-11-4-2-3-5-12(11)19-13/h2-5,10,14-15H,6-9H2,1H3. The molecule has 1 unspecified atom stereocenters. The molecule has 2 aromatic rings. The predicted octanol–water partition coefficient (Wildman–Crippen LogP) is 2.19. The van der Waals surface area contributed by atoms with Crippen molar-refractivity contribution in [3.63, 3.8) is 0 Å². The van der Waals surface area contributed by atoms with Crippen LogP contribution < -0.4 is 5.32 Å². The van der Waals surface area contributed by atoms with Crippen molar-refractivity contribution in [2.75, 3.05) is 20.3 Å². The van der Waals surface area contributed by atoms with Crippen molar-refractivity contribution in [1.29, 1.82) is 0 Å². The number of nitrogens with zero attached hydrogens (tertiary/aromatic N) is 1. The lowest BCUT2D eigenvalue weighted by Gasteiger charge is -2.18. The summed E-state index contributed by atoms with van der Waals surface area (Å²) in [7, 11) is 1.98. The van der Waals surface area contributed by atoms with Crippen LogP contribution in [0.4, 0.5) is 0 Å². The van der Waals surface area contributed by atoms with Crippen molar-refractivity contribution in [3.05, 3.63) is 29.3 Å². The van der Waals surface area contributed by atoms with E-state index in [-0.39, 0.29) is 6.29 Å². The number of likely N-dealkylation sites (N-methyl/N-ethyl adjacent to an activating group) is 1. The lowest BCUT2D eigenvalue weighted by molar-refractivity contribution is -0.0522. The molecule has 5 heteroatoms. The molecule has 1 atom stereocenters. The number of aromatic nitrogens is 1. The van der Waals surface area contributed by atoms with E-state index in [0.717, 1.165) is 18.4 Å². The van der Waals surface area contributed by atoms with Crippen molar-refractivity contribution >= 4 is 21.6 Å². The van der Waals surface area contributed by atoms with Gasteiger partial charge in [0.05, 0.1) is 28.4 Å². The number of benzene rings is 1. The Kier molecular flexibility index (Phi) is 4.08. The van der Waals surface area contributed by atoms with Gasteiger partial charge >= 0.3 is 0 Å². The Morgan fingerprint density at radius 2 is 2.16 bits per heavy atom. The summed E-state index contributed by atoms with van der Waals surface area (Å²) in [6.45, 7) is 1.42. The molecular formula is C14H18N2O2S. The van der Waals surface area contributed by atoms with Gasteiger partial charge in [-0.05, 0) is 19.2 Å². The Balaban J connectivity index is 1.67. The van der Waals surface area contributed by atoms with Gasteiger partial charge < -0.3 is 14.8 Å². The topological polar surface area (TPSA) is 43.4 Å². The molecule has 1 saturated heterocycles. The minimum absolute atomic E-state index is 0.0631. The minimum Gasteiger partial charge on any atom is -0.350 e. The molecular weight excluding hydrogens is 260 g/mol. The van der Waals surface area contributed by atoms with E-state index in [9.17, 15) is 0 Å². The van der Waals surface area contributed by atoms with Gasteiger partial charge in [-0.1, -0.05) is 12.1 Å². The zero-order chi connectivity index (χ0) is 13.1. The summed E-state index contributed by atoms with van der Waals surface area (Å²) in [5, 5.41) is 4.49. The van der Waals surface area contributed by atoms with Crippen molar-refractivity contribution < 1.29 is 9.47 Å². The van der Waals surface area contributed by atoms with Gasteiger partial charge in [0.1, 0.15) is 0 Å². The van der Waals surface area contributed by atoms with Crippen LogP contribution in [0.3, 0.4) is 0 Å². The van der Waals surface area contributed by atoms with Crippen molar-refractivity contribution in [1.82, 2.24) is 10.3 Å². The molecule has 3 rings (SSSR count). The predicted molar refractivity (Wildman–Crippen MR) is 76.5 cm³/mol. The zero-order valence-corrected chi connectivity index (χ0v) is 11.8. The fourth-order valence-electron chi connectivity index (χ4n) is 2.30. The summed E-state index contributed by atoms with van der Waals surface area (Å²) in [6, 6.07) is 8.60. The maximum Gasteiger partial charge on any atom is 0.159 e. The number of thiazole rings is 1. The number of ether oxygens (including phenoxy) is 2. The van der Waals surface area contributed by atoms with Gasteiger partial charge in [-0.3, -0.25) is 0 Å². The highest BCUT2D eigenvalue weighted by molar-refractivity contribution is 7.18. The normalized spacial score (nSPS) is 18.2. The molecule has 0 amide bonds. The molecule has 2 heterocycles. The van der Waals surface area contributed by atoms with Gasteiger partial charge in [-0.2, -0.15) is 0 Å². The summed E-state index contributed by atoms with van der Waals surface area (Å²) >= 11 is 1.77. The molecule has 0 bridgehead atoms. The molecule has 1 aliphatic rings. The Bertz CT molecular complexity index is 504. The molecule has 1 aromatic carbocycles. The van der Waals surface area contributed by atoms with E-state index < -0.39 is 0 Å². The van der Waals surface area contributed by atoms with Gasteiger partial charge in [0.2, 0.25) is 0 Å². The van der Waals surface area contributed by atoms with Crippen LogP contribution >= 0.6 is 11.3 Å². The van der Waals surface area contributed by atoms with Crippen molar-refractivity contribution in [2.24, 2.45) is 0 Å². The summed E-state index contributed by atoms with van der Waals surface area (Å²) < 4.78 is 12.3. The van der Waals surface area contributed by atoms with Crippen LogP contribution in [0.15, 0.2) is 24.3 Å². The largest absolute Gasteiger partial charge is 0.350 e. The second-order valence-electron chi connectivity index (χ2n) is 4.67. The van der Waals surface area contributed by atoms with E-state index in [0.29, 0.717) is 19.3 Å². The van der Waals surface area contributed by atoms with E-state index in [2.05, 4.69) is 28.5 Å². The molecule has 1 fully saturated rings. The highest BCUT2D eigenvalue weighted by Gasteiger charge is 2.21. The van der Waals surface area contributed by atoms with Crippen LogP contribution in [0.25, 0.3) is 10.2 Å². The number of hydrogen-bond acceptors (Lipinski definition) is 5. The van der Waals surface area contributed by atoms with Gasteiger partial charge in [0.25, 0.3) is 0 Å². The third-order valence-corrected chi connectivity index (χ3v) is 4.39. The minimum atomic E-state index is -0.0631. The van der Waals surface area contributed by atoms with Gasteiger partial charge in [-0.15, -0.1) is 11.3 Å².